The molecular formula is C13H19BrN2O2. The molecule has 3 N–H and O–H groups in total. The molecule has 0 fully saturated rings. The molecule has 0 heterocycles. The van der Waals surface area contributed by atoms with Crippen molar-refractivity contribution >= 4 is 21.8 Å². The Morgan fingerprint density at radius 1 is 1.44 bits per heavy atom. The summed E-state index contributed by atoms with van der Waals surface area (Å²) in [5, 5.41) is 2.94. The first-order chi connectivity index (χ1) is 8.67. The first-order valence-corrected chi connectivity index (χ1v) is 6.79. The van der Waals surface area contributed by atoms with Crippen LogP contribution in [0.5, 0.6) is 0 Å². The van der Waals surface area contributed by atoms with Gasteiger partial charge in [0.15, 0.2) is 0 Å². The van der Waals surface area contributed by atoms with Gasteiger partial charge in [0, 0.05) is 11.0 Å². The monoisotopic (exact) mass is 314 g/mol. The van der Waals surface area contributed by atoms with Crippen molar-refractivity contribution in [2.24, 2.45) is 5.73 Å². The third-order valence-corrected chi connectivity index (χ3v) is 3.04. The molecule has 1 aromatic rings. The van der Waals surface area contributed by atoms with E-state index in [0.717, 1.165) is 16.5 Å². The number of hydrogen-bond acceptors (Lipinski definition) is 3. The van der Waals surface area contributed by atoms with E-state index >= 15 is 0 Å². The first kappa shape index (κ1) is 15.1. The molecule has 1 unspecified atom stereocenters. The molecule has 1 atom stereocenters. The number of carbonyl (C=O) groups is 1. The molecule has 0 spiro atoms. The fraction of sp³-hybridized carbons (Fsp3) is 0.462. The lowest BCUT2D eigenvalue weighted by atomic mass is 10.0. The molecule has 0 aliphatic heterocycles. The zero-order valence-electron chi connectivity index (χ0n) is 10.5. The Morgan fingerprint density at radius 2 is 2.11 bits per heavy atom. The summed E-state index contributed by atoms with van der Waals surface area (Å²) in [4.78, 5) is 11.6. The quantitative estimate of drug-likeness (QED) is 0.756. The third-order valence-electron chi connectivity index (χ3n) is 2.51. The van der Waals surface area contributed by atoms with Crippen LogP contribution in [0.4, 0.5) is 0 Å². The van der Waals surface area contributed by atoms with Gasteiger partial charge in [-0.15, -0.1) is 0 Å². The Morgan fingerprint density at radius 3 is 2.67 bits per heavy atom. The highest BCUT2D eigenvalue weighted by molar-refractivity contribution is 9.10. The summed E-state index contributed by atoms with van der Waals surface area (Å²) in [6, 6.07) is 7.95. The van der Waals surface area contributed by atoms with E-state index in [2.05, 4.69) is 21.2 Å². The van der Waals surface area contributed by atoms with Crippen molar-refractivity contribution in [2.45, 2.75) is 19.4 Å². The van der Waals surface area contributed by atoms with Gasteiger partial charge in [0.1, 0.15) is 6.61 Å². The summed E-state index contributed by atoms with van der Waals surface area (Å²) in [6.07, 6.45) is 0.838. The third kappa shape index (κ3) is 5.16. The summed E-state index contributed by atoms with van der Waals surface area (Å²) in [5.74, 6) is -0.113. The predicted octanol–water partition coefficient (Wildman–Crippen LogP) is 1.99. The molecule has 1 aromatic carbocycles. The van der Waals surface area contributed by atoms with Crippen LogP contribution in [-0.2, 0) is 9.53 Å². The molecule has 0 aliphatic carbocycles. The minimum atomic E-state index is -0.113. The number of ether oxygens (including phenoxy) is 1. The number of amides is 1. The summed E-state index contributed by atoms with van der Waals surface area (Å²) in [6.45, 7) is 2.93. The number of rotatable bonds is 7. The average molecular weight is 315 g/mol. The Labute approximate surface area is 116 Å². The van der Waals surface area contributed by atoms with Crippen LogP contribution in [0.2, 0.25) is 0 Å². The fourth-order valence-electron chi connectivity index (χ4n) is 1.60. The molecule has 1 rings (SSSR count). The normalized spacial score (nSPS) is 12.2. The van der Waals surface area contributed by atoms with E-state index in [1.54, 1.807) is 0 Å². The van der Waals surface area contributed by atoms with Crippen LogP contribution in [0, 0.1) is 0 Å². The van der Waals surface area contributed by atoms with Crippen molar-refractivity contribution in [1.82, 2.24) is 5.32 Å². The minimum absolute atomic E-state index is 0.0204. The van der Waals surface area contributed by atoms with Gasteiger partial charge >= 0.3 is 0 Å². The van der Waals surface area contributed by atoms with Crippen molar-refractivity contribution < 1.29 is 9.53 Å². The Kier molecular flexibility index (Phi) is 6.93. The van der Waals surface area contributed by atoms with E-state index in [4.69, 9.17) is 10.5 Å². The lowest BCUT2D eigenvalue weighted by molar-refractivity contribution is -0.126. The number of carbonyl (C=O) groups excluding carboxylic acids is 1. The Hall–Kier alpha value is -0.910. The summed E-state index contributed by atoms with van der Waals surface area (Å²) >= 11 is 3.39. The van der Waals surface area contributed by atoms with Gasteiger partial charge in [0.2, 0.25) is 5.91 Å². The molecule has 0 bridgehead atoms. The second-order valence-electron chi connectivity index (χ2n) is 3.92. The zero-order chi connectivity index (χ0) is 13.4. The van der Waals surface area contributed by atoms with Gasteiger partial charge in [-0.2, -0.15) is 0 Å². The average Bonchev–Trinajstić information content (AvgIpc) is 2.37. The number of nitrogens with two attached hydrogens (primary N) is 1. The van der Waals surface area contributed by atoms with E-state index in [-0.39, 0.29) is 18.6 Å². The lowest BCUT2D eigenvalue weighted by Gasteiger charge is -2.17. The highest BCUT2D eigenvalue weighted by atomic mass is 79.9. The van der Waals surface area contributed by atoms with Gasteiger partial charge < -0.3 is 15.8 Å². The summed E-state index contributed by atoms with van der Waals surface area (Å²) in [5.41, 5.74) is 6.38. The van der Waals surface area contributed by atoms with Gasteiger partial charge in [-0.05, 0) is 24.1 Å². The highest BCUT2D eigenvalue weighted by Gasteiger charge is 2.12. The molecule has 0 aromatic heterocycles. The van der Waals surface area contributed by atoms with Crippen LogP contribution in [0.15, 0.2) is 28.7 Å². The Bertz CT molecular complexity index is 368. The van der Waals surface area contributed by atoms with Gasteiger partial charge in [-0.1, -0.05) is 35.0 Å². The van der Waals surface area contributed by atoms with Crippen LogP contribution < -0.4 is 11.1 Å². The van der Waals surface area contributed by atoms with E-state index in [1.807, 2.05) is 31.2 Å². The van der Waals surface area contributed by atoms with E-state index in [9.17, 15) is 4.79 Å². The van der Waals surface area contributed by atoms with Crippen molar-refractivity contribution in [2.75, 3.05) is 19.8 Å². The number of benzene rings is 1. The van der Waals surface area contributed by atoms with Gasteiger partial charge in [0.25, 0.3) is 0 Å². The molecule has 0 saturated heterocycles. The summed E-state index contributed by atoms with van der Waals surface area (Å²) in [7, 11) is 0. The van der Waals surface area contributed by atoms with Crippen molar-refractivity contribution in [3.63, 3.8) is 0 Å². The first-order valence-electron chi connectivity index (χ1n) is 6.00. The van der Waals surface area contributed by atoms with E-state index in [1.165, 1.54) is 0 Å². The summed E-state index contributed by atoms with van der Waals surface area (Å²) < 4.78 is 6.13. The van der Waals surface area contributed by atoms with Gasteiger partial charge in [-0.3, -0.25) is 4.79 Å². The number of hydrogen-bond donors (Lipinski definition) is 2. The van der Waals surface area contributed by atoms with E-state index < -0.39 is 0 Å². The van der Waals surface area contributed by atoms with Crippen LogP contribution in [-0.4, -0.2) is 25.7 Å². The molecule has 0 aliphatic rings. The van der Waals surface area contributed by atoms with Gasteiger partial charge in [0.05, 0.1) is 12.6 Å². The van der Waals surface area contributed by atoms with Crippen LogP contribution in [0.25, 0.3) is 0 Å². The van der Waals surface area contributed by atoms with Crippen LogP contribution in [0.1, 0.15) is 24.9 Å². The van der Waals surface area contributed by atoms with Crippen molar-refractivity contribution in [1.29, 1.82) is 0 Å². The minimum Gasteiger partial charge on any atom is -0.370 e. The molecule has 0 saturated carbocycles. The zero-order valence-corrected chi connectivity index (χ0v) is 12.1. The van der Waals surface area contributed by atoms with Crippen LogP contribution >= 0.6 is 15.9 Å². The molecule has 100 valence electrons. The number of nitrogens with one attached hydrogen (secondary N) is 1. The van der Waals surface area contributed by atoms with Crippen LogP contribution in [0.3, 0.4) is 0 Å². The van der Waals surface area contributed by atoms with E-state index in [0.29, 0.717) is 13.2 Å². The van der Waals surface area contributed by atoms with Crippen molar-refractivity contribution in [3.8, 4) is 0 Å². The standard InChI is InChI=1S/C13H19BrN2O2/c1-2-12(10-3-5-11(14)6-4-10)16-13(17)9-18-8-7-15/h3-6,12H,2,7-9,15H2,1H3,(H,16,17). The molecule has 4 nitrogen and oxygen atoms in total. The maximum atomic E-state index is 11.6. The molecule has 5 heteroatoms. The SMILES string of the molecule is CCC(NC(=O)COCCN)c1ccc(Br)cc1. The molecule has 18 heavy (non-hydrogen) atoms. The Balaban J connectivity index is 2.51. The molecule has 1 amide bonds. The maximum Gasteiger partial charge on any atom is 0.246 e. The largest absolute Gasteiger partial charge is 0.370 e. The highest BCUT2D eigenvalue weighted by Crippen LogP contribution is 2.19. The lowest BCUT2D eigenvalue weighted by Crippen LogP contribution is -2.32. The topological polar surface area (TPSA) is 64.3 Å². The maximum absolute atomic E-state index is 11.6. The van der Waals surface area contributed by atoms with Crippen molar-refractivity contribution in [3.05, 3.63) is 34.3 Å². The molecule has 0 radical (unpaired) electrons. The van der Waals surface area contributed by atoms with Gasteiger partial charge in [-0.25, -0.2) is 0 Å². The second kappa shape index (κ2) is 8.24. The number of halogens is 1. The second-order valence-corrected chi connectivity index (χ2v) is 4.84. The predicted molar refractivity (Wildman–Crippen MR) is 75.2 cm³/mol. The smallest absolute Gasteiger partial charge is 0.246 e. The fourth-order valence-corrected chi connectivity index (χ4v) is 1.86. The molecular weight excluding hydrogens is 296 g/mol.